The van der Waals surface area contributed by atoms with E-state index in [1.807, 2.05) is 0 Å². The van der Waals surface area contributed by atoms with Crippen molar-refractivity contribution >= 4 is 10.8 Å². The fourth-order valence-corrected chi connectivity index (χ4v) is 7.46. The van der Waals surface area contributed by atoms with Crippen molar-refractivity contribution in [1.29, 1.82) is 0 Å². The maximum Gasteiger partial charge on any atom is 0.0352 e. The molecule has 8 aromatic carbocycles. The third kappa shape index (κ3) is 4.87. The van der Waals surface area contributed by atoms with E-state index in [0.29, 0.717) is 0 Å². The molecule has 0 spiro atoms. The van der Waals surface area contributed by atoms with Crippen LogP contribution in [-0.2, 0) is 0 Å². The molecule has 0 atom stereocenters. The molecule has 0 N–H and O–H groups in total. The Bertz CT molecular complexity index is 2330. The quantitative estimate of drug-likeness (QED) is 0.185. The Morgan fingerprint density at radius 3 is 1.38 bits per heavy atom. The second-order valence-corrected chi connectivity index (χ2v) is 12.5. The van der Waals surface area contributed by atoms with Gasteiger partial charge in [0.05, 0.1) is 0 Å². The van der Waals surface area contributed by atoms with Crippen molar-refractivity contribution < 1.29 is 0 Å². The summed E-state index contributed by atoms with van der Waals surface area (Å²) in [6.07, 6.45) is 0. The van der Waals surface area contributed by atoms with Gasteiger partial charge in [0.25, 0.3) is 0 Å². The number of hydrogen-bond acceptors (Lipinski definition) is 0. The maximum atomic E-state index is 2.34. The summed E-state index contributed by atoms with van der Waals surface area (Å²) in [5.41, 5.74) is 16.6. The molecule has 0 radical (unpaired) electrons. The monoisotopic (exact) mass is 596 g/mol. The minimum absolute atomic E-state index is 0.270. The Labute approximate surface area is 276 Å². The van der Waals surface area contributed by atoms with Crippen LogP contribution < -0.4 is 0 Å². The van der Waals surface area contributed by atoms with Crippen molar-refractivity contribution in [2.45, 2.75) is 5.92 Å². The van der Waals surface area contributed by atoms with Gasteiger partial charge < -0.3 is 0 Å². The highest BCUT2D eigenvalue weighted by atomic mass is 14.3. The first-order chi connectivity index (χ1) is 23.3. The van der Waals surface area contributed by atoms with E-state index in [2.05, 4.69) is 188 Å². The Morgan fingerprint density at radius 1 is 0.277 bits per heavy atom. The Morgan fingerprint density at radius 2 is 0.723 bits per heavy atom. The lowest BCUT2D eigenvalue weighted by Gasteiger charge is -2.15. The molecule has 220 valence electrons. The Balaban J connectivity index is 1.07. The zero-order valence-corrected chi connectivity index (χ0v) is 26.0. The third-order valence-electron chi connectivity index (χ3n) is 9.77. The molecule has 0 unspecified atom stereocenters. The van der Waals surface area contributed by atoms with Crippen LogP contribution in [0.5, 0.6) is 0 Å². The molecular weight excluding hydrogens is 565 g/mol. The molecule has 8 aromatic rings. The summed E-state index contributed by atoms with van der Waals surface area (Å²) in [5, 5.41) is 2.53. The van der Waals surface area contributed by atoms with E-state index >= 15 is 0 Å². The van der Waals surface area contributed by atoms with Crippen molar-refractivity contribution in [1.82, 2.24) is 0 Å². The molecule has 0 fully saturated rings. The van der Waals surface area contributed by atoms with Crippen molar-refractivity contribution in [3.63, 3.8) is 0 Å². The van der Waals surface area contributed by atoms with Crippen LogP contribution in [0.25, 0.3) is 66.4 Å². The van der Waals surface area contributed by atoms with Gasteiger partial charge in [-0.1, -0.05) is 170 Å². The molecule has 47 heavy (non-hydrogen) atoms. The summed E-state index contributed by atoms with van der Waals surface area (Å²) in [6.45, 7) is 0. The molecule has 0 heterocycles. The topological polar surface area (TPSA) is 0 Å². The summed E-state index contributed by atoms with van der Waals surface area (Å²) in [7, 11) is 0. The summed E-state index contributed by atoms with van der Waals surface area (Å²) >= 11 is 0. The normalized spacial score (nSPS) is 12.2. The van der Waals surface area contributed by atoms with E-state index in [9.17, 15) is 0 Å². The minimum atomic E-state index is 0.270. The van der Waals surface area contributed by atoms with Crippen molar-refractivity contribution in [2.75, 3.05) is 0 Å². The lowest BCUT2D eigenvalue weighted by molar-refractivity contribution is 1.02. The van der Waals surface area contributed by atoms with Crippen LogP contribution in [0.1, 0.15) is 22.6 Å². The molecule has 1 aliphatic carbocycles. The van der Waals surface area contributed by atoms with Crippen molar-refractivity contribution in [3.05, 3.63) is 205 Å². The number of fused-ring (bicyclic) bond motifs is 4. The van der Waals surface area contributed by atoms with E-state index in [4.69, 9.17) is 0 Å². The first kappa shape index (κ1) is 27.3. The van der Waals surface area contributed by atoms with Crippen LogP contribution in [0.3, 0.4) is 0 Å². The Kier molecular flexibility index (Phi) is 6.65. The van der Waals surface area contributed by atoms with Gasteiger partial charge in [-0.15, -0.1) is 0 Å². The van der Waals surface area contributed by atoms with E-state index in [0.717, 1.165) is 0 Å². The highest BCUT2D eigenvalue weighted by Crippen LogP contribution is 2.48. The van der Waals surface area contributed by atoms with Crippen LogP contribution >= 0.6 is 0 Å². The van der Waals surface area contributed by atoms with Gasteiger partial charge in [0.2, 0.25) is 0 Å². The molecule has 0 aliphatic heterocycles. The number of rotatable bonds is 5. The van der Waals surface area contributed by atoms with E-state index in [1.54, 1.807) is 0 Å². The molecular formula is C47H32. The van der Waals surface area contributed by atoms with Gasteiger partial charge in [0.15, 0.2) is 0 Å². The molecule has 0 bridgehead atoms. The zero-order valence-electron chi connectivity index (χ0n) is 26.0. The Hall–Kier alpha value is -5.98. The zero-order chi connectivity index (χ0) is 31.2. The average Bonchev–Trinajstić information content (AvgIpc) is 3.49. The summed E-state index contributed by atoms with van der Waals surface area (Å²) in [5.74, 6) is 0.270. The highest BCUT2D eigenvalue weighted by molar-refractivity contribution is 5.98. The minimum Gasteiger partial charge on any atom is -0.0622 e. The van der Waals surface area contributed by atoms with Gasteiger partial charge in [-0.05, 0) is 101 Å². The second-order valence-electron chi connectivity index (χ2n) is 12.5. The number of benzene rings is 8. The highest BCUT2D eigenvalue weighted by Gasteiger charge is 2.29. The summed E-state index contributed by atoms with van der Waals surface area (Å²) in [6, 6.07) is 68.9. The summed E-state index contributed by atoms with van der Waals surface area (Å²) < 4.78 is 0. The van der Waals surface area contributed by atoms with Gasteiger partial charge >= 0.3 is 0 Å². The smallest absolute Gasteiger partial charge is 0.0352 e. The molecule has 0 aromatic heterocycles. The van der Waals surface area contributed by atoms with Gasteiger partial charge in [0.1, 0.15) is 0 Å². The molecule has 0 saturated heterocycles. The summed E-state index contributed by atoms with van der Waals surface area (Å²) in [4.78, 5) is 0. The van der Waals surface area contributed by atoms with Crippen molar-refractivity contribution in [3.8, 4) is 55.6 Å². The third-order valence-corrected chi connectivity index (χ3v) is 9.77. The van der Waals surface area contributed by atoms with Crippen LogP contribution in [0, 0.1) is 0 Å². The van der Waals surface area contributed by atoms with Gasteiger partial charge in [-0.3, -0.25) is 0 Å². The SMILES string of the molecule is c1ccc(-c2cc(-c3ccc(-c4ccc(C5c6ccccc6-c6ccccc65)cc4)cc3)cc(-c3cccc4ccccc34)c2)cc1. The largest absolute Gasteiger partial charge is 0.0622 e. The maximum absolute atomic E-state index is 2.34. The van der Waals surface area contributed by atoms with E-state index in [1.165, 1.54) is 83.1 Å². The van der Waals surface area contributed by atoms with E-state index < -0.39 is 0 Å². The van der Waals surface area contributed by atoms with Gasteiger partial charge in [0, 0.05) is 5.92 Å². The lowest BCUT2D eigenvalue weighted by Crippen LogP contribution is -1.98. The molecule has 0 amide bonds. The van der Waals surface area contributed by atoms with Crippen LogP contribution in [0.4, 0.5) is 0 Å². The lowest BCUT2D eigenvalue weighted by atomic mass is 9.88. The molecule has 1 aliphatic rings. The predicted molar refractivity (Wildman–Crippen MR) is 199 cm³/mol. The molecule has 0 nitrogen and oxygen atoms in total. The van der Waals surface area contributed by atoms with Gasteiger partial charge in [-0.25, -0.2) is 0 Å². The molecule has 0 saturated carbocycles. The molecule has 0 heteroatoms. The van der Waals surface area contributed by atoms with Crippen molar-refractivity contribution in [2.24, 2.45) is 0 Å². The fourth-order valence-electron chi connectivity index (χ4n) is 7.46. The fraction of sp³-hybridized carbons (Fsp3) is 0.0213. The standard InChI is InChI=1S/C47H32/c1-2-11-32(12-3-1)38-29-39(31-40(30-38)42-20-10-14-36-13-4-5-15-41(36)42)35-23-21-33(22-24-35)34-25-27-37(28-26-34)47-45-18-8-6-16-43(45)44-17-7-9-19-46(44)47/h1-31,47H. The first-order valence-corrected chi connectivity index (χ1v) is 16.4. The molecule has 9 rings (SSSR count). The number of hydrogen-bond donors (Lipinski definition) is 0. The van der Waals surface area contributed by atoms with Crippen LogP contribution in [0.15, 0.2) is 188 Å². The second kappa shape index (κ2) is 11.4. The first-order valence-electron chi connectivity index (χ1n) is 16.4. The van der Waals surface area contributed by atoms with Crippen LogP contribution in [-0.4, -0.2) is 0 Å². The average molecular weight is 597 g/mol. The van der Waals surface area contributed by atoms with E-state index in [-0.39, 0.29) is 5.92 Å². The van der Waals surface area contributed by atoms with Crippen LogP contribution in [0.2, 0.25) is 0 Å². The van der Waals surface area contributed by atoms with Gasteiger partial charge in [-0.2, -0.15) is 0 Å². The predicted octanol–water partition coefficient (Wildman–Crippen LogP) is 12.7.